The highest BCUT2D eigenvalue weighted by molar-refractivity contribution is 7.99. The molecule has 1 saturated carbocycles. The van der Waals surface area contributed by atoms with Gasteiger partial charge < -0.3 is 5.11 Å². The second-order valence-electron chi connectivity index (χ2n) is 7.24. The molecule has 3 nitrogen and oxygen atoms in total. The molecule has 0 bridgehead atoms. The lowest BCUT2D eigenvalue weighted by molar-refractivity contribution is -0.0451. The van der Waals surface area contributed by atoms with Gasteiger partial charge in [-0.2, -0.15) is 11.8 Å². The molecule has 2 saturated heterocycles. The van der Waals surface area contributed by atoms with Gasteiger partial charge in [0, 0.05) is 44.5 Å². The van der Waals surface area contributed by atoms with Gasteiger partial charge in [-0.05, 0) is 43.8 Å². The van der Waals surface area contributed by atoms with Crippen molar-refractivity contribution >= 4 is 11.8 Å². The number of hydrogen-bond donors (Lipinski definition) is 1. The lowest BCUT2D eigenvalue weighted by atomic mass is 9.79. The molecule has 3 rings (SSSR count). The van der Waals surface area contributed by atoms with Crippen LogP contribution in [0.3, 0.4) is 0 Å². The Kier molecular flexibility index (Phi) is 4.96. The first-order chi connectivity index (χ1) is 9.65. The molecule has 1 aliphatic carbocycles. The van der Waals surface area contributed by atoms with Crippen LogP contribution in [-0.4, -0.2) is 70.8 Å². The molecule has 0 aromatic carbocycles. The summed E-state index contributed by atoms with van der Waals surface area (Å²) in [4.78, 5) is 5.19. The van der Waals surface area contributed by atoms with Crippen molar-refractivity contribution in [3.05, 3.63) is 0 Å². The van der Waals surface area contributed by atoms with Crippen LogP contribution in [0.25, 0.3) is 0 Å². The van der Waals surface area contributed by atoms with Gasteiger partial charge >= 0.3 is 0 Å². The Labute approximate surface area is 128 Å². The van der Waals surface area contributed by atoms with Crippen molar-refractivity contribution in [2.24, 2.45) is 5.92 Å². The molecular formula is C16H30N2OS. The third-order valence-corrected chi connectivity index (χ3v) is 6.70. The number of β-amino-alcohol motifs (C(OH)–C–C–N with tert-alkyl or cyclic N) is 1. The van der Waals surface area contributed by atoms with Crippen molar-refractivity contribution in [2.75, 3.05) is 44.2 Å². The van der Waals surface area contributed by atoms with E-state index in [9.17, 15) is 5.11 Å². The Morgan fingerprint density at radius 3 is 2.40 bits per heavy atom. The quantitative estimate of drug-likeness (QED) is 0.863. The summed E-state index contributed by atoms with van der Waals surface area (Å²) in [5.41, 5.74) is -0.391. The number of thioether (sulfide) groups is 1. The van der Waals surface area contributed by atoms with Gasteiger partial charge in [0.05, 0.1) is 5.60 Å². The third kappa shape index (κ3) is 3.70. The van der Waals surface area contributed by atoms with Gasteiger partial charge in [0.1, 0.15) is 0 Å². The highest BCUT2D eigenvalue weighted by Crippen LogP contribution is 2.32. The van der Waals surface area contributed by atoms with E-state index in [1.807, 2.05) is 0 Å². The van der Waals surface area contributed by atoms with E-state index in [-0.39, 0.29) is 0 Å². The predicted octanol–water partition coefficient (Wildman–Crippen LogP) is 2.05. The van der Waals surface area contributed by atoms with E-state index < -0.39 is 5.60 Å². The fourth-order valence-electron chi connectivity index (χ4n) is 3.97. The normalized spacial score (nSPS) is 41.1. The molecule has 1 atom stereocenters. The maximum absolute atomic E-state index is 10.8. The fraction of sp³-hybridized carbons (Fsp3) is 1.00. The standard InChI is InChI=1S/C16H30N2OS/c1-14-2-5-16(19,6-3-14)13-17-7-9-18(10-8-17)15-4-11-20-12-15/h14-15,19H,2-13H2,1H3. The van der Waals surface area contributed by atoms with Crippen LogP contribution in [0.4, 0.5) is 0 Å². The molecule has 0 radical (unpaired) electrons. The van der Waals surface area contributed by atoms with E-state index in [4.69, 9.17) is 0 Å². The number of nitrogens with zero attached hydrogens (tertiary/aromatic N) is 2. The second kappa shape index (κ2) is 6.55. The number of rotatable bonds is 3. The van der Waals surface area contributed by atoms with Crippen LogP contribution in [0.2, 0.25) is 0 Å². The zero-order valence-electron chi connectivity index (χ0n) is 12.9. The molecule has 2 aliphatic heterocycles. The average molecular weight is 298 g/mol. The first kappa shape index (κ1) is 15.1. The van der Waals surface area contributed by atoms with E-state index in [0.717, 1.165) is 44.4 Å². The molecule has 4 heteroatoms. The molecule has 3 aliphatic rings. The van der Waals surface area contributed by atoms with Gasteiger partial charge in [-0.15, -0.1) is 0 Å². The van der Waals surface area contributed by atoms with E-state index in [1.54, 1.807) is 0 Å². The number of piperazine rings is 1. The van der Waals surface area contributed by atoms with Gasteiger partial charge in [0.15, 0.2) is 0 Å². The monoisotopic (exact) mass is 298 g/mol. The largest absolute Gasteiger partial charge is 0.389 e. The summed E-state index contributed by atoms with van der Waals surface area (Å²) in [5.74, 6) is 3.50. The van der Waals surface area contributed by atoms with E-state index in [1.165, 1.54) is 43.9 Å². The fourth-order valence-corrected chi connectivity index (χ4v) is 5.23. The molecule has 0 amide bonds. The predicted molar refractivity (Wildman–Crippen MR) is 86.3 cm³/mol. The molecule has 116 valence electrons. The zero-order valence-corrected chi connectivity index (χ0v) is 13.7. The first-order valence-electron chi connectivity index (χ1n) is 8.41. The van der Waals surface area contributed by atoms with Crippen LogP contribution in [0.15, 0.2) is 0 Å². The SMILES string of the molecule is CC1CCC(O)(CN2CCN(C3CCSC3)CC2)CC1. The van der Waals surface area contributed by atoms with Crippen LogP contribution >= 0.6 is 11.8 Å². The van der Waals surface area contributed by atoms with Crippen molar-refractivity contribution in [2.45, 2.75) is 50.7 Å². The molecule has 1 unspecified atom stereocenters. The minimum absolute atomic E-state index is 0.391. The Hall–Kier alpha value is 0.230. The minimum Gasteiger partial charge on any atom is -0.389 e. The Morgan fingerprint density at radius 1 is 1.10 bits per heavy atom. The summed E-state index contributed by atoms with van der Waals surface area (Å²) < 4.78 is 0. The maximum atomic E-state index is 10.8. The van der Waals surface area contributed by atoms with Crippen molar-refractivity contribution in [1.82, 2.24) is 9.80 Å². The van der Waals surface area contributed by atoms with Crippen LogP contribution < -0.4 is 0 Å². The molecule has 0 aromatic heterocycles. The molecule has 20 heavy (non-hydrogen) atoms. The summed E-state index contributed by atoms with van der Waals surface area (Å²) in [5, 5.41) is 10.8. The highest BCUT2D eigenvalue weighted by atomic mass is 32.2. The lowest BCUT2D eigenvalue weighted by Gasteiger charge is -2.43. The molecule has 1 N–H and O–H groups in total. The topological polar surface area (TPSA) is 26.7 Å². The summed E-state index contributed by atoms with van der Waals surface area (Å²) in [7, 11) is 0. The van der Waals surface area contributed by atoms with E-state index in [2.05, 4.69) is 28.5 Å². The van der Waals surface area contributed by atoms with Crippen molar-refractivity contribution in [1.29, 1.82) is 0 Å². The average Bonchev–Trinajstić information content (AvgIpc) is 2.97. The Morgan fingerprint density at radius 2 is 1.80 bits per heavy atom. The van der Waals surface area contributed by atoms with Gasteiger partial charge in [-0.3, -0.25) is 9.80 Å². The van der Waals surface area contributed by atoms with Gasteiger partial charge in [-0.1, -0.05) is 6.92 Å². The van der Waals surface area contributed by atoms with Crippen LogP contribution in [-0.2, 0) is 0 Å². The van der Waals surface area contributed by atoms with Crippen LogP contribution in [0.5, 0.6) is 0 Å². The molecule has 0 spiro atoms. The van der Waals surface area contributed by atoms with Crippen molar-refractivity contribution in [3.8, 4) is 0 Å². The maximum Gasteiger partial charge on any atom is 0.0774 e. The smallest absolute Gasteiger partial charge is 0.0774 e. The molecular weight excluding hydrogens is 268 g/mol. The van der Waals surface area contributed by atoms with E-state index in [0.29, 0.717) is 0 Å². The molecule has 0 aromatic rings. The third-order valence-electron chi connectivity index (χ3n) is 5.55. The second-order valence-corrected chi connectivity index (χ2v) is 8.39. The van der Waals surface area contributed by atoms with Crippen LogP contribution in [0, 0.1) is 5.92 Å². The summed E-state index contributed by atoms with van der Waals surface area (Å²) in [6, 6.07) is 0.834. The minimum atomic E-state index is -0.391. The van der Waals surface area contributed by atoms with Crippen LogP contribution in [0.1, 0.15) is 39.0 Å². The van der Waals surface area contributed by atoms with Gasteiger partial charge in [0.2, 0.25) is 0 Å². The summed E-state index contributed by atoms with van der Waals surface area (Å²) in [6.45, 7) is 7.94. The lowest BCUT2D eigenvalue weighted by Crippen LogP contribution is -2.54. The summed E-state index contributed by atoms with van der Waals surface area (Å²) >= 11 is 2.11. The van der Waals surface area contributed by atoms with Gasteiger partial charge in [-0.25, -0.2) is 0 Å². The molecule has 2 heterocycles. The van der Waals surface area contributed by atoms with Crippen molar-refractivity contribution < 1.29 is 5.11 Å². The Balaban J connectivity index is 1.44. The van der Waals surface area contributed by atoms with Crippen molar-refractivity contribution in [3.63, 3.8) is 0 Å². The van der Waals surface area contributed by atoms with E-state index >= 15 is 0 Å². The summed E-state index contributed by atoms with van der Waals surface area (Å²) in [6.07, 6.45) is 5.80. The zero-order chi connectivity index (χ0) is 14.0. The number of hydrogen-bond acceptors (Lipinski definition) is 4. The highest BCUT2D eigenvalue weighted by Gasteiger charge is 2.35. The molecule has 3 fully saturated rings. The first-order valence-corrected chi connectivity index (χ1v) is 9.57. The van der Waals surface area contributed by atoms with Gasteiger partial charge in [0.25, 0.3) is 0 Å². The Bertz CT molecular complexity index is 304. The number of aliphatic hydroxyl groups is 1.